The van der Waals surface area contributed by atoms with E-state index in [1.54, 1.807) is 48.7 Å². The number of pyridine rings is 2. The molecule has 9 nitrogen and oxygen atoms in total. The van der Waals surface area contributed by atoms with Crippen LogP contribution in [0.4, 0.5) is 10.6 Å². The fourth-order valence-corrected chi connectivity index (χ4v) is 2.60. The number of hydrogen-bond donors (Lipinski definition) is 1. The Morgan fingerprint density at radius 3 is 2.45 bits per heavy atom. The van der Waals surface area contributed by atoms with Gasteiger partial charge >= 0.3 is 6.09 Å². The number of anilines is 1. The molecule has 0 aliphatic carbocycles. The third kappa shape index (κ3) is 4.08. The first-order valence-electron chi connectivity index (χ1n) is 8.54. The van der Waals surface area contributed by atoms with Crippen molar-refractivity contribution >= 4 is 23.1 Å². The fourth-order valence-electron chi connectivity index (χ4n) is 2.60. The van der Waals surface area contributed by atoms with Crippen LogP contribution >= 0.6 is 0 Å². The van der Waals surface area contributed by atoms with E-state index >= 15 is 0 Å². The zero-order chi connectivity index (χ0) is 20.2. The second-order valence-corrected chi connectivity index (χ2v) is 5.84. The Bertz CT molecular complexity index is 1120. The SMILES string of the molecule is COc1cc(OC)cc(OC(=O)Nc2cc(-c3nc4ncccc4o3)ccn2)c1. The monoisotopic (exact) mass is 392 g/mol. The van der Waals surface area contributed by atoms with E-state index in [1.165, 1.54) is 20.4 Å². The summed E-state index contributed by atoms with van der Waals surface area (Å²) in [5.41, 5.74) is 1.71. The number of fused-ring (bicyclic) bond motifs is 1. The molecule has 3 heterocycles. The Morgan fingerprint density at radius 2 is 1.72 bits per heavy atom. The molecule has 1 amide bonds. The van der Waals surface area contributed by atoms with Crippen molar-refractivity contribution in [3.05, 3.63) is 54.9 Å². The van der Waals surface area contributed by atoms with Crippen LogP contribution in [0.1, 0.15) is 0 Å². The Labute approximate surface area is 165 Å². The van der Waals surface area contributed by atoms with Gasteiger partial charge in [-0.05, 0) is 24.3 Å². The van der Waals surface area contributed by atoms with Crippen LogP contribution in [0.15, 0.2) is 59.3 Å². The summed E-state index contributed by atoms with van der Waals surface area (Å²) in [6.45, 7) is 0. The van der Waals surface area contributed by atoms with Crippen LogP contribution in [0.2, 0.25) is 0 Å². The van der Waals surface area contributed by atoms with Gasteiger partial charge in [0.2, 0.25) is 5.89 Å². The van der Waals surface area contributed by atoms with Crippen LogP contribution in [0.25, 0.3) is 22.7 Å². The van der Waals surface area contributed by atoms with E-state index in [0.29, 0.717) is 34.2 Å². The minimum Gasteiger partial charge on any atom is -0.496 e. The molecule has 0 spiro atoms. The van der Waals surface area contributed by atoms with E-state index in [0.717, 1.165) is 0 Å². The first-order chi connectivity index (χ1) is 14.1. The number of aromatic nitrogens is 3. The smallest absolute Gasteiger partial charge is 0.418 e. The maximum atomic E-state index is 12.3. The molecule has 0 bridgehead atoms. The molecule has 4 aromatic rings. The number of carbonyl (C=O) groups excluding carboxylic acids is 1. The highest BCUT2D eigenvalue weighted by atomic mass is 16.6. The number of nitrogens with one attached hydrogen (secondary N) is 1. The van der Waals surface area contributed by atoms with Crippen molar-refractivity contribution in [2.75, 3.05) is 19.5 Å². The van der Waals surface area contributed by atoms with E-state index in [4.69, 9.17) is 18.6 Å². The summed E-state index contributed by atoms with van der Waals surface area (Å²) in [7, 11) is 3.02. The van der Waals surface area contributed by atoms with Gasteiger partial charge in [0.15, 0.2) is 11.2 Å². The standard InChI is InChI=1S/C20H16N4O5/c1-26-13-9-14(27-2)11-15(10-13)28-20(25)23-17-8-12(5-7-21-17)19-24-18-16(29-19)4-3-6-22-18/h3-11H,1-2H3,(H,21,23,25). The average Bonchev–Trinajstić information content (AvgIpc) is 3.18. The van der Waals surface area contributed by atoms with Crippen LogP contribution in [0.5, 0.6) is 17.2 Å². The summed E-state index contributed by atoms with van der Waals surface area (Å²) >= 11 is 0. The average molecular weight is 392 g/mol. The van der Waals surface area contributed by atoms with E-state index in [-0.39, 0.29) is 11.6 Å². The quantitative estimate of drug-likeness (QED) is 0.544. The topological polar surface area (TPSA) is 109 Å². The van der Waals surface area contributed by atoms with Crippen LogP contribution in [0.3, 0.4) is 0 Å². The van der Waals surface area contributed by atoms with Gasteiger partial charge in [0, 0.05) is 36.2 Å². The summed E-state index contributed by atoms with van der Waals surface area (Å²) in [4.78, 5) is 24.9. The molecule has 0 aliphatic rings. The molecular weight excluding hydrogens is 376 g/mol. The number of rotatable bonds is 5. The molecule has 0 fully saturated rings. The molecule has 0 aliphatic heterocycles. The van der Waals surface area contributed by atoms with Crippen LogP contribution < -0.4 is 19.5 Å². The maximum Gasteiger partial charge on any atom is 0.418 e. The lowest BCUT2D eigenvalue weighted by molar-refractivity contribution is 0.214. The van der Waals surface area contributed by atoms with Gasteiger partial charge < -0.3 is 18.6 Å². The lowest BCUT2D eigenvalue weighted by atomic mass is 10.2. The van der Waals surface area contributed by atoms with Gasteiger partial charge in [0.25, 0.3) is 0 Å². The third-order valence-electron chi connectivity index (χ3n) is 3.94. The van der Waals surface area contributed by atoms with Gasteiger partial charge in [-0.25, -0.2) is 14.8 Å². The highest BCUT2D eigenvalue weighted by Crippen LogP contribution is 2.28. The Balaban J connectivity index is 1.51. The normalized spacial score (nSPS) is 10.6. The molecule has 1 N–H and O–H groups in total. The zero-order valence-corrected chi connectivity index (χ0v) is 15.6. The van der Waals surface area contributed by atoms with Crippen molar-refractivity contribution in [3.8, 4) is 28.7 Å². The van der Waals surface area contributed by atoms with Crippen LogP contribution in [-0.2, 0) is 0 Å². The van der Waals surface area contributed by atoms with Gasteiger partial charge in [0.1, 0.15) is 23.1 Å². The number of hydrogen-bond acceptors (Lipinski definition) is 8. The number of nitrogens with zero attached hydrogens (tertiary/aromatic N) is 3. The van der Waals surface area contributed by atoms with E-state index < -0.39 is 6.09 Å². The highest BCUT2D eigenvalue weighted by molar-refractivity contribution is 5.86. The van der Waals surface area contributed by atoms with Crippen molar-refractivity contribution in [3.63, 3.8) is 0 Å². The molecular formula is C20H16N4O5. The van der Waals surface area contributed by atoms with Gasteiger partial charge in [-0.1, -0.05) is 0 Å². The zero-order valence-electron chi connectivity index (χ0n) is 15.6. The Hall–Kier alpha value is -4.14. The van der Waals surface area contributed by atoms with E-state index in [2.05, 4.69) is 20.3 Å². The number of ether oxygens (including phenoxy) is 3. The molecule has 1 aromatic carbocycles. The predicted octanol–water partition coefficient (Wildman–Crippen LogP) is 3.91. The molecule has 0 atom stereocenters. The first kappa shape index (κ1) is 18.2. The molecule has 29 heavy (non-hydrogen) atoms. The molecule has 0 saturated heterocycles. The minimum absolute atomic E-state index is 0.264. The van der Waals surface area contributed by atoms with Gasteiger partial charge in [0.05, 0.1) is 14.2 Å². The van der Waals surface area contributed by atoms with Crippen molar-refractivity contribution < 1.29 is 23.4 Å². The van der Waals surface area contributed by atoms with Crippen molar-refractivity contribution in [1.82, 2.24) is 15.0 Å². The van der Waals surface area contributed by atoms with E-state index in [9.17, 15) is 4.79 Å². The molecule has 0 radical (unpaired) electrons. The number of amides is 1. The largest absolute Gasteiger partial charge is 0.496 e. The number of methoxy groups -OCH3 is 2. The van der Waals surface area contributed by atoms with Gasteiger partial charge in [-0.15, -0.1) is 0 Å². The second kappa shape index (κ2) is 7.85. The number of carbonyl (C=O) groups is 1. The fraction of sp³-hybridized carbons (Fsp3) is 0.100. The molecule has 4 rings (SSSR count). The highest BCUT2D eigenvalue weighted by Gasteiger charge is 2.12. The second-order valence-electron chi connectivity index (χ2n) is 5.84. The molecule has 0 saturated carbocycles. The summed E-state index contributed by atoms with van der Waals surface area (Å²) in [5, 5.41) is 2.57. The van der Waals surface area contributed by atoms with Gasteiger partial charge in [-0.2, -0.15) is 4.98 Å². The molecule has 146 valence electrons. The van der Waals surface area contributed by atoms with E-state index in [1.807, 2.05) is 0 Å². The lowest BCUT2D eigenvalue weighted by Crippen LogP contribution is -2.17. The first-order valence-corrected chi connectivity index (χ1v) is 8.54. The summed E-state index contributed by atoms with van der Waals surface area (Å²) in [5.74, 6) is 1.90. The molecule has 9 heteroatoms. The Kier molecular flexibility index (Phi) is 4.93. The summed E-state index contributed by atoms with van der Waals surface area (Å²) in [6, 6.07) is 11.7. The third-order valence-corrected chi connectivity index (χ3v) is 3.94. The Morgan fingerprint density at radius 1 is 0.966 bits per heavy atom. The number of benzene rings is 1. The maximum absolute atomic E-state index is 12.3. The van der Waals surface area contributed by atoms with Crippen molar-refractivity contribution in [1.29, 1.82) is 0 Å². The number of oxazole rings is 1. The summed E-state index contributed by atoms with van der Waals surface area (Å²) < 4.78 is 21.3. The van der Waals surface area contributed by atoms with Crippen LogP contribution in [-0.4, -0.2) is 35.3 Å². The van der Waals surface area contributed by atoms with Crippen molar-refractivity contribution in [2.24, 2.45) is 0 Å². The summed E-state index contributed by atoms with van der Waals surface area (Å²) in [6.07, 6.45) is 2.45. The van der Waals surface area contributed by atoms with Crippen LogP contribution in [0, 0.1) is 0 Å². The molecule has 0 unspecified atom stereocenters. The van der Waals surface area contributed by atoms with Gasteiger partial charge in [-0.3, -0.25) is 5.32 Å². The lowest BCUT2D eigenvalue weighted by Gasteiger charge is -2.09. The predicted molar refractivity (Wildman–Crippen MR) is 104 cm³/mol. The van der Waals surface area contributed by atoms with Crippen molar-refractivity contribution in [2.45, 2.75) is 0 Å². The minimum atomic E-state index is -0.718. The molecule has 3 aromatic heterocycles.